The molecular formula is C16H15BrFN3. The number of nitrogen functional groups attached to an aromatic ring is 1. The Balaban J connectivity index is 1.93. The van der Waals surface area contributed by atoms with Crippen LogP contribution in [0.25, 0.3) is 11.0 Å². The Labute approximate surface area is 130 Å². The van der Waals surface area contributed by atoms with E-state index in [0.717, 1.165) is 11.9 Å². The van der Waals surface area contributed by atoms with Gasteiger partial charge < -0.3 is 10.3 Å². The molecule has 0 saturated heterocycles. The zero-order valence-electron chi connectivity index (χ0n) is 11.6. The first-order chi connectivity index (χ1) is 10.0. The lowest BCUT2D eigenvalue weighted by Gasteiger charge is -2.07. The summed E-state index contributed by atoms with van der Waals surface area (Å²) in [7, 11) is 0. The molecule has 108 valence electrons. The van der Waals surface area contributed by atoms with Crippen molar-refractivity contribution in [3.63, 3.8) is 0 Å². The summed E-state index contributed by atoms with van der Waals surface area (Å²) in [6.45, 7) is 2.79. The van der Waals surface area contributed by atoms with Crippen molar-refractivity contribution in [1.29, 1.82) is 0 Å². The van der Waals surface area contributed by atoms with Crippen LogP contribution < -0.4 is 5.73 Å². The molecule has 2 aromatic carbocycles. The topological polar surface area (TPSA) is 43.8 Å². The summed E-state index contributed by atoms with van der Waals surface area (Å²) < 4.78 is 15.9. The van der Waals surface area contributed by atoms with Crippen LogP contribution in [0.3, 0.4) is 0 Å². The third kappa shape index (κ3) is 2.78. The van der Waals surface area contributed by atoms with Gasteiger partial charge in [0.15, 0.2) is 0 Å². The molecule has 0 aliphatic heterocycles. The summed E-state index contributed by atoms with van der Waals surface area (Å²) in [5.74, 6) is 0.0842. The van der Waals surface area contributed by atoms with E-state index in [1.807, 2.05) is 10.6 Å². The zero-order valence-corrected chi connectivity index (χ0v) is 13.2. The molecule has 0 atom stereocenters. The Morgan fingerprint density at radius 2 is 2.10 bits per heavy atom. The van der Waals surface area contributed by atoms with Gasteiger partial charge in [0.05, 0.1) is 15.5 Å². The van der Waals surface area contributed by atoms with Gasteiger partial charge in [0, 0.05) is 12.6 Å². The van der Waals surface area contributed by atoms with Crippen molar-refractivity contribution in [1.82, 2.24) is 9.55 Å². The molecule has 0 bridgehead atoms. The van der Waals surface area contributed by atoms with Crippen LogP contribution in [0.4, 0.5) is 10.3 Å². The molecule has 3 aromatic rings. The predicted octanol–water partition coefficient (Wildman–Crippen LogP) is 4.07. The normalized spacial score (nSPS) is 11.2. The van der Waals surface area contributed by atoms with Gasteiger partial charge in [0.2, 0.25) is 5.95 Å². The number of nitrogens with two attached hydrogens (primary N) is 1. The molecule has 3 nitrogen and oxygen atoms in total. The van der Waals surface area contributed by atoms with E-state index < -0.39 is 0 Å². The van der Waals surface area contributed by atoms with Gasteiger partial charge in [-0.3, -0.25) is 0 Å². The second-order valence-electron chi connectivity index (χ2n) is 5.12. The van der Waals surface area contributed by atoms with Crippen molar-refractivity contribution >= 4 is 32.9 Å². The standard InChI is InChI=1S/C16H15BrFN3/c1-10-3-2-4-11(7-10)5-6-21-15-8-12(17)13(18)9-14(15)20-16(21)19/h2-4,7-9H,5-6H2,1H3,(H2,19,20). The average molecular weight is 348 g/mol. The quantitative estimate of drug-likeness (QED) is 0.775. The van der Waals surface area contributed by atoms with Crippen molar-refractivity contribution in [2.45, 2.75) is 19.9 Å². The monoisotopic (exact) mass is 347 g/mol. The zero-order chi connectivity index (χ0) is 15.0. The number of imidazole rings is 1. The first-order valence-corrected chi connectivity index (χ1v) is 7.50. The maximum absolute atomic E-state index is 13.5. The molecule has 0 spiro atoms. The molecule has 0 fully saturated rings. The highest BCUT2D eigenvalue weighted by Gasteiger charge is 2.11. The summed E-state index contributed by atoms with van der Waals surface area (Å²) in [6, 6.07) is 11.5. The van der Waals surface area contributed by atoms with E-state index in [-0.39, 0.29) is 5.82 Å². The molecule has 3 rings (SSSR count). The maximum atomic E-state index is 13.5. The van der Waals surface area contributed by atoms with E-state index in [0.29, 0.717) is 22.5 Å². The largest absolute Gasteiger partial charge is 0.369 e. The summed E-state index contributed by atoms with van der Waals surface area (Å²) >= 11 is 3.21. The summed E-state index contributed by atoms with van der Waals surface area (Å²) in [5.41, 5.74) is 9.87. The van der Waals surface area contributed by atoms with Gasteiger partial charge in [-0.05, 0) is 40.9 Å². The van der Waals surface area contributed by atoms with E-state index in [9.17, 15) is 4.39 Å². The molecule has 0 radical (unpaired) electrons. The Kier molecular flexibility index (Phi) is 3.68. The summed E-state index contributed by atoms with van der Waals surface area (Å²) in [6.07, 6.45) is 0.854. The van der Waals surface area contributed by atoms with Crippen LogP contribution in [0, 0.1) is 12.7 Å². The van der Waals surface area contributed by atoms with Crippen LogP contribution in [0.2, 0.25) is 0 Å². The number of hydrogen-bond donors (Lipinski definition) is 1. The first-order valence-electron chi connectivity index (χ1n) is 6.71. The van der Waals surface area contributed by atoms with Gasteiger partial charge in [0.25, 0.3) is 0 Å². The lowest BCUT2D eigenvalue weighted by atomic mass is 10.1. The van der Waals surface area contributed by atoms with Crippen LogP contribution >= 0.6 is 15.9 Å². The van der Waals surface area contributed by atoms with Crippen LogP contribution in [0.5, 0.6) is 0 Å². The third-order valence-corrected chi connectivity index (χ3v) is 4.13. The number of halogens is 2. The molecule has 21 heavy (non-hydrogen) atoms. The molecule has 0 unspecified atom stereocenters. The third-order valence-electron chi connectivity index (χ3n) is 3.53. The Hall–Kier alpha value is -1.88. The number of benzene rings is 2. The van der Waals surface area contributed by atoms with Gasteiger partial charge in [-0.2, -0.15) is 0 Å². The molecule has 2 N–H and O–H groups in total. The van der Waals surface area contributed by atoms with Gasteiger partial charge >= 0.3 is 0 Å². The van der Waals surface area contributed by atoms with E-state index >= 15 is 0 Å². The second-order valence-corrected chi connectivity index (χ2v) is 5.97. The van der Waals surface area contributed by atoms with Crippen molar-refractivity contribution in [2.75, 3.05) is 5.73 Å². The number of fused-ring (bicyclic) bond motifs is 1. The van der Waals surface area contributed by atoms with Crippen molar-refractivity contribution in [2.24, 2.45) is 0 Å². The molecule has 0 amide bonds. The van der Waals surface area contributed by atoms with E-state index in [1.165, 1.54) is 17.2 Å². The minimum absolute atomic E-state index is 0.328. The fraction of sp³-hybridized carbons (Fsp3) is 0.188. The number of hydrogen-bond acceptors (Lipinski definition) is 2. The van der Waals surface area contributed by atoms with Crippen LogP contribution in [-0.4, -0.2) is 9.55 Å². The maximum Gasteiger partial charge on any atom is 0.201 e. The van der Waals surface area contributed by atoms with Gasteiger partial charge in [-0.25, -0.2) is 9.37 Å². The highest BCUT2D eigenvalue weighted by Crippen LogP contribution is 2.25. The number of aryl methyl sites for hydroxylation is 3. The Morgan fingerprint density at radius 1 is 1.29 bits per heavy atom. The SMILES string of the molecule is Cc1cccc(CCn2c(N)nc3cc(F)c(Br)cc32)c1. The van der Waals surface area contributed by atoms with E-state index in [4.69, 9.17) is 5.73 Å². The van der Waals surface area contributed by atoms with E-state index in [1.54, 1.807) is 6.07 Å². The molecule has 5 heteroatoms. The molecule has 0 aliphatic carbocycles. The minimum Gasteiger partial charge on any atom is -0.369 e. The van der Waals surface area contributed by atoms with Crippen molar-refractivity contribution in [3.8, 4) is 0 Å². The predicted molar refractivity (Wildman–Crippen MR) is 86.7 cm³/mol. The highest BCUT2D eigenvalue weighted by atomic mass is 79.9. The second kappa shape index (κ2) is 5.48. The Bertz CT molecular complexity index is 811. The lowest BCUT2D eigenvalue weighted by Crippen LogP contribution is -2.05. The summed E-state index contributed by atoms with van der Waals surface area (Å²) in [4.78, 5) is 4.22. The van der Waals surface area contributed by atoms with Gasteiger partial charge in [-0.1, -0.05) is 29.8 Å². The lowest BCUT2D eigenvalue weighted by molar-refractivity contribution is 0.622. The smallest absolute Gasteiger partial charge is 0.201 e. The summed E-state index contributed by atoms with van der Waals surface area (Å²) in [5, 5.41) is 0. The fourth-order valence-electron chi connectivity index (χ4n) is 2.48. The average Bonchev–Trinajstić information content (AvgIpc) is 2.72. The van der Waals surface area contributed by atoms with Gasteiger partial charge in [0.1, 0.15) is 5.82 Å². The van der Waals surface area contributed by atoms with E-state index in [2.05, 4.69) is 46.0 Å². The van der Waals surface area contributed by atoms with Crippen molar-refractivity contribution in [3.05, 3.63) is 57.8 Å². The highest BCUT2D eigenvalue weighted by molar-refractivity contribution is 9.10. The van der Waals surface area contributed by atoms with Crippen molar-refractivity contribution < 1.29 is 4.39 Å². The number of anilines is 1. The molecule has 1 aromatic heterocycles. The van der Waals surface area contributed by atoms with Gasteiger partial charge in [-0.15, -0.1) is 0 Å². The molecule has 0 saturated carbocycles. The fourth-order valence-corrected chi connectivity index (χ4v) is 2.81. The molecular weight excluding hydrogens is 333 g/mol. The van der Waals surface area contributed by atoms with Crippen LogP contribution in [-0.2, 0) is 13.0 Å². The molecule has 0 aliphatic rings. The number of rotatable bonds is 3. The first kappa shape index (κ1) is 14.1. The van der Waals surface area contributed by atoms with Crippen LogP contribution in [0.1, 0.15) is 11.1 Å². The Morgan fingerprint density at radius 3 is 2.86 bits per heavy atom. The minimum atomic E-state index is -0.328. The van der Waals surface area contributed by atoms with Crippen LogP contribution in [0.15, 0.2) is 40.9 Å². The number of nitrogens with zero attached hydrogens (tertiary/aromatic N) is 2. The number of aromatic nitrogens is 2. The molecule has 1 heterocycles.